The first kappa shape index (κ1) is 17.4. The first-order valence-corrected chi connectivity index (χ1v) is 7.33. The fourth-order valence-corrected chi connectivity index (χ4v) is 2.48. The Balaban J connectivity index is 3.06. The molecule has 1 N–H and O–H groups in total. The van der Waals surface area contributed by atoms with Gasteiger partial charge in [0.15, 0.2) is 0 Å². The number of rotatable bonds is 7. The maximum Gasteiger partial charge on any atom is 0.303 e. The van der Waals surface area contributed by atoms with Gasteiger partial charge in [-0.15, -0.1) is 0 Å². The number of nitro groups is 1. The van der Waals surface area contributed by atoms with Crippen LogP contribution in [0.5, 0.6) is 0 Å². The van der Waals surface area contributed by atoms with Crippen LogP contribution in [0.3, 0.4) is 0 Å². The third-order valence-electron chi connectivity index (χ3n) is 3.10. The summed E-state index contributed by atoms with van der Waals surface area (Å²) in [4.78, 5) is 27.1. The number of aromatic nitrogens is 1. The van der Waals surface area contributed by atoms with Crippen molar-refractivity contribution in [3.63, 3.8) is 0 Å². The quantitative estimate of drug-likeness (QED) is 0.593. The van der Waals surface area contributed by atoms with Crippen molar-refractivity contribution in [2.24, 2.45) is 0 Å². The molecule has 1 aromatic rings. The lowest BCUT2D eigenvalue weighted by Crippen LogP contribution is -2.33. The molecular weight excluding hydrogens is 342 g/mol. The molecule has 0 atom stereocenters. The molecule has 0 aliphatic carbocycles. The van der Waals surface area contributed by atoms with E-state index in [1.807, 2.05) is 18.7 Å². The Morgan fingerprint density at radius 1 is 1.57 bits per heavy atom. The minimum atomic E-state index is -0.842. The molecule has 1 rings (SSSR count). The second kappa shape index (κ2) is 7.35. The first-order valence-electron chi connectivity index (χ1n) is 6.53. The molecule has 21 heavy (non-hydrogen) atoms. The standard InChI is InChI=1S/C13H18BrN3O4/c1-8(2)16(6-4-5-11(18)19)13-12(14)9(3)10(7-15-13)17(20)21/h7-8H,4-6H2,1-3H3,(H,18,19). The summed E-state index contributed by atoms with van der Waals surface area (Å²) in [5.74, 6) is -0.246. The van der Waals surface area contributed by atoms with Crippen LogP contribution in [-0.4, -0.2) is 33.6 Å². The highest BCUT2D eigenvalue weighted by atomic mass is 79.9. The molecule has 0 aliphatic rings. The van der Waals surface area contributed by atoms with Crippen LogP contribution in [0.4, 0.5) is 11.5 Å². The van der Waals surface area contributed by atoms with Gasteiger partial charge in [-0.2, -0.15) is 0 Å². The monoisotopic (exact) mass is 359 g/mol. The van der Waals surface area contributed by atoms with Gasteiger partial charge in [-0.1, -0.05) is 0 Å². The maximum absolute atomic E-state index is 10.9. The van der Waals surface area contributed by atoms with E-state index in [-0.39, 0.29) is 18.2 Å². The lowest BCUT2D eigenvalue weighted by atomic mass is 10.2. The molecule has 0 unspecified atom stereocenters. The molecule has 0 amide bonds. The molecule has 8 heteroatoms. The van der Waals surface area contributed by atoms with E-state index in [0.29, 0.717) is 28.8 Å². The van der Waals surface area contributed by atoms with Gasteiger partial charge < -0.3 is 10.0 Å². The van der Waals surface area contributed by atoms with Crippen molar-refractivity contribution in [1.82, 2.24) is 4.98 Å². The minimum absolute atomic E-state index is 0.0418. The van der Waals surface area contributed by atoms with Crippen molar-refractivity contribution in [2.45, 2.75) is 39.7 Å². The van der Waals surface area contributed by atoms with E-state index < -0.39 is 10.9 Å². The Morgan fingerprint density at radius 2 is 2.19 bits per heavy atom. The number of aliphatic carboxylic acids is 1. The van der Waals surface area contributed by atoms with E-state index in [0.717, 1.165) is 0 Å². The van der Waals surface area contributed by atoms with Gasteiger partial charge >= 0.3 is 5.97 Å². The van der Waals surface area contributed by atoms with Crippen LogP contribution in [-0.2, 0) is 4.79 Å². The summed E-state index contributed by atoms with van der Waals surface area (Å²) in [6.45, 7) is 6.10. The third kappa shape index (κ3) is 4.38. The highest BCUT2D eigenvalue weighted by Crippen LogP contribution is 2.33. The van der Waals surface area contributed by atoms with Gasteiger partial charge in [0.25, 0.3) is 5.69 Å². The van der Waals surface area contributed by atoms with Gasteiger partial charge in [-0.3, -0.25) is 14.9 Å². The van der Waals surface area contributed by atoms with E-state index in [4.69, 9.17) is 5.11 Å². The number of carbonyl (C=O) groups is 1. The first-order chi connectivity index (χ1) is 9.75. The summed E-state index contributed by atoms with van der Waals surface area (Å²) < 4.78 is 0.570. The number of halogens is 1. The van der Waals surface area contributed by atoms with Crippen LogP contribution in [0.1, 0.15) is 32.3 Å². The summed E-state index contributed by atoms with van der Waals surface area (Å²) in [6, 6.07) is 0.100. The molecule has 1 aromatic heterocycles. The average Bonchev–Trinajstić information content (AvgIpc) is 2.37. The van der Waals surface area contributed by atoms with Crippen molar-refractivity contribution >= 4 is 33.4 Å². The molecule has 1 heterocycles. The van der Waals surface area contributed by atoms with Crippen LogP contribution in [0.25, 0.3) is 0 Å². The number of hydrogen-bond acceptors (Lipinski definition) is 5. The molecule has 0 spiro atoms. The summed E-state index contributed by atoms with van der Waals surface area (Å²) >= 11 is 3.36. The topological polar surface area (TPSA) is 96.6 Å². The predicted molar refractivity (Wildman–Crippen MR) is 82.7 cm³/mol. The van der Waals surface area contributed by atoms with Gasteiger partial charge in [0.2, 0.25) is 0 Å². The molecule has 116 valence electrons. The number of hydrogen-bond donors (Lipinski definition) is 1. The fraction of sp³-hybridized carbons (Fsp3) is 0.538. The van der Waals surface area contributed by atoms with Crippen molar-refractivity contribution in [2.75, 3.05) is 11.4 Å². The fourth-order valence-electron chi connectivity index (χ4n) is 1.95. The van der Waals surface area contributed by atoms with Gasteiger partial charge in [0, 0.05) is 24.6 Å². The van der Waals surface area contributed by atoms with Gasteiger partial charge in [0.1, 0.15) is 12.0 Å². The Morgan fingerprint density at radius 3 is 2.67 bits per heavy atom. The van der Waals surface area contributed by atoms with Gasteiger partial charge in [-0.25, -0.2) is 4.98 Å². The number of carboxylic acids is 1. The summed E-state index contributed by atoms with van der Waals surface area (Å²) in [5, 5.41) is 19.6. The predicted octanol–water partition coefficient (Wildman–Crippen LogP) is 3.14. The lowest BCUT2D eigenvalue weighted by Gasteiger charge is -2.29. The van der Waals surface area contributed by atoms with E-state index >= 15 is 0 Å². The average molecular weight is 360 g/mol. The van der Waals surface area contributed by atoms with Gasteiger partial charge in [0.05, 0.1) is 9.40 Å². The molecule has 0 aliphatic heterocycles. The molecule has 0 saturated heterocycles. The normalized spacial score (nSPS) is 10.7. The maximum atomic E-state index is 10.9. The summed E-state index contributed by atoms with van der Waals surface area (Å²) in [7, 11) is 0. The van der Waals surface area contributed by atoms with Crippen LogP contribution in [0.15, 0.2) is 10.7 Å². The Bertz CT molecular complexity index is 548. The number of pyridine rings is 1. The van der Waals surface area contributed by atoms with Crippen LogP contribution in [0, 0.1) is 17.0 Å². The Kier molecular flexibility index (Phi) is 6.07. The van der Waals surface area contributed by atoms with Crippen molar-refractivity contribution in [3.05, 3.63) is 26.3 Å². The van der Waals surface area contributed by atoms with E-state index in [9.17, 15) is 14.9 Å². The molecule has 0 bridgehead atoms. The Labute approximate surface area is 131 Å². The zero-order valence-corrected chi connectivity index (χ0v) is 13.8. The van der Waals surface area contributed by atoms with E-state index in [1.54, 1.807) is 6.92 Å². The second-order valence-corrected chi connectivity index (χ2v) is 5.74. The summed E-state index contributed by atoms with van der Waals surface area (Å²) in [5.41, 5.74) is 0.466. The van der Waals surface area contributed by atoms with E-state index in [2.05, 4.69) is 20.9 Å². The number of anilines is 1. The lowest BCUT2D eigenvalue weighted by molar-refractivity contribution is -0.385. The molecule has 0 fully saturated rings. The molecule has 0 aromatic carbocycles. The zero-order chi connectivity index (χ0) is 16.2. The molecule has 0 saturated carbocycles. The number of nitrogens with zero attached hydrogens (tertiary/aromatic N) is 3. The molecule has 7 nitrogen and oxygen atoms in total. The van der Waals surface area contributed by atoms with Gasteiger partial charge in [-0.05, 0) is 43.1 Å². The number of carboxylic acid groups (broad SMARTS) is 1. The smallest absolute Gasteiger partial charge is 0.303 e. The van der Waals surface area contributed by atoms with E-state index in [1.165, 1.54) is 6.20 Å². The largest absolute Gasteiger partial charge is 0.481 e. The van der Waals surface area contributed by atoms with Crippen molar-refractivity contribution < 1.29 is 14.8 Å². The molecule has 0 radical (unpaired) electrons. The van der Waals surface area contributed by atoms with Crippen molar-refractivity contribution in [3.8, 4) is 0 Å². The summed E-state index contributed by atoms with van der Waals surface area (Å²) in [6.07, 6.45) is 1.80. The van der Waals surface area contributed by atoms with Crippen LogP contribution in [0.2, 0.25) is 0 Å². The van der Waals surface area contributed by atoms with Crippen LogP contribution >= 0.6 is 15.9 Å². The van der Waals surface area contributed by atoms with Crippen molar-refractivity contribution in [1.29, 1.82) is 0 Å². The molecular formula is C13H18BrN3O4. The SMILES string of the molecule is Cc1c([N+](=O)[O-])cnc(N(CCCC(=O)O)C(C)C)c1Br. The highest BCUT2D eigenvalue weighted by molar-refractivity contribution is 9.10. The second-order valence-electron chi connectivity index (χ2n) is 4.95. The third-order valence-corrected chi connectivity index (χ3v) is 4.05. The minimum Gasteiger partial charge on any atom is -0.481 e. The zero-order valence-electron chi connectivity index (χ0n) is 12.2. The highest BCUT2D eigenvalue weighted by Gasteiger charge is 2.22. The Hall–Kier alpha value is -1.70. The van der Waals surface area contributed by atoms with Crippen LogP contribution < -0.4 is 4.90 Å².